The summed E-state index contributed by atoms with van der Waals surface area (Å²) in [6.45, 7) is 0.354. The average molecular weight is 338 g/mol. The zero-order valence-corrected chi connectivity index (χ0v) is 13.7. The fourth-order valence-corrected chi connectivity index (χ4v) is 2.42. The Labute approximate surface area is 145 Å². The number of halogens is 1. The van der Waals surface area contributed by atoms with Crippen molar-refractivity contribution in [1.29, 1.82) is 0 Å². The molecule has 0 spiro atoms. The number of hydrogen-bond acceptors (Lipinski definition) is 2. The van der Waals surface area contributed by atoms with Crippen molar-refractivity contribution in [3.63, 3.8) is 0 Å². The number of anilines is 1. The largest absolute Gasteiger partial charge is 0.467 e. The van der Waals surface area contributed by atoms with Gasteiger partial charge in [-0.15, -0.1) is 0 Å². The van der Waals surface area contributed by atoms with E-state index in [0.717, 1.165) is 11.3 Å². The number of nitrogens with zero attached hydrogens (tertiary/aromatic N) is 1. The molecule has 0 N–H and O–H groups in total. The smallest absolute Gasteiger partial charge is 0.251 e. The average Bonchev–Trinajstić information content (AvgIpc) is 3.13. The zero-order valence-electron chi connectivity index (χ0n) is 12.9. The normalized spacial score (nSPS) is 10.9. The van der Waals surface area contributed by atoms with Crippen molar-refractivity contribution >= 4 is 29.3 Å². The van der Waals surface area contributed by atoms with E-state index in [1.807, 2.05) is 48.5 Å². The maximum absolute atomic E-state index is 12.7. The van der Waals surface area contributed by atoms with Gasteiger partial charge in [-0.05, 0) is 48.0 Å². The Morgan fingerprint density at radius 2 is 1.75 bits per heavy atom. The summed E-state index contributed by atoms with van der Waals surface area (Å²) in [6, 6.07) is 20.5. The molecule has 1 aromatic heterocycles. The van der Waals surface area contributed by atoms with Crippen LogP contribution in [-0.2, 0) is 11.3 Å². The van der Waals surface area contributed by atoms with Crippen LogP contribution in [0.2, 0.25) is 5.02 Å². The molecule has 0 saturated heterocycles. The van der Waals surface area contributed by atoms with Crippen LogP contribution >= 0.6 is 11.6 Å². The summed E-state index contributed by atoms with van der Waals surface area (Å²) < 4.78 is 5.38. The molecule has 0 aliphatic carbocycles. The van der Waals surface area contributed by atoms with E-state index < -0.39 is 0 Å². The Morgan fingerprint density at radius 1 is 1.00 bits per heavy atom. The van der Waals surface area contributed by atoms with Gasteiger partial charge in [0.2, 0.25) is 0 Å². The topological polar surface area (TPSA) is 33.5 Å². The lowest BCUT2D eigenvalue weighted by Crippen LogP contribution is -2.28. The third-order valence-electron chi connectivity index (χ3n) is 3.52. The van der Waals surface area contributed by atoms with Crippen LogP contribution in [0.1, 0.15) is 11.3 Å². The highest BCUT2D eigenvalue weighted by atomic mass is 35.5. The van der Waals surface area contributed by atoms with Crippen molar-refractivity contribution in [3.8, 4) is 0 Å². The van der Waals surface area contributed by atoms with Crippen molar-refractivity contribution in [3.05, 3.63) is 95.4 Å². The summed E-state index contributed by atoms with van der Waals surface area (Å²) in [5.74, 6) is 0.587. The second kappa shape index (κ2) is 7.66. The van der Waals surface area contributed by atoms with Gasteiger partial charge in [0, 0.05) is 16.8 Å². The molecule has 1 heterocycles. The molecule has 0 atom stereocenters. The Hall–Kier alpha value is -2.78. The van der Waals surface area contributed by atoms with Crippen molar-refractivity contribution in [2.75, 3.05) is 4.90 Å². The number of carbonyl (C=O) groups is 1. The van der Waals surface area contributed by atoms with Gasteiger partial charge in [-0.25, -0.2) is 0 Å². The molecule has 4 heteroatoms. The maximum Gasteiger partial charge on any atom is 0.251 e. The second-order valence-corrected chi connectivity index (χ2v) is 5.66. The van der Waals surface area contributed by atoms with E-state index >= 15 is 0 Å². The highest BCUT2D eigenvalue weighted by Gasteiger charge is 2.15. The number of amides is 1. The minimum absolute atomic E-state index is 0.127. The SMILES string of the molecule is O=C(C=Cc1ccccc1)N(Cc1ccco1)c1ccc(Cl)cc1. The molecular weight excluding hydrogens is 322 g/mol. The van der Waals surface area contributed by atoms with Gasteiger partial charge in [0.25, 0.3) is 5.91 Å². The van der Waals surface area contributed by atoms with Gasteiger partial charge in [0.15, 0.2) is 0 Å². The predicted octanol–water partition coefficient (Wildman–Crippen LogP) is 5.18. The first kappa shape index (κ1) is 16.1. The standard InChI is InChI=1S/C20H16ClNO2/c21-17-9-11-18(12-10-17)22(15-19-7-4-14-24-19)20(23)13-8-16-5-2-1-3-6-16/h1-14H,15H2. The number of rotatable bonds is 5. The van der Waals surface area contributed by atoms with Crippen molar-refractivity contribution < 1.29 is 9.21 Å². The van der Waals surface area contributed by atoms with Gasteiger partial charge in [-0.3, -0.25) is 4.79 Å². The first-order chi connectivity index (χ1) is 11.7. The summed E-state index contributed by atoms with van der Waals surface area (Å²) in [5.41, 5.74) is 1.73. The molecule has 0 bridgehead atoms. The lowest BCUT2D eigenvalue weighted by Gasteiger charge is -2.20. The molecule has 3 rings (SSSR count). The Bertz CT molecular complexity index is 809. The van der Waals surface area contributed by atoms with Crippen molar-refractivity contribution in [2.24, 2.45) is 0 Å². The molecule has 1 amide bonds. The number of carbonyl (C=O) groups excluding carboxylic acids is 1. The van der Waals surface area contributed by atoms with E-state index in [-0.39, 0.29) is 5.91 Å². The molecular formula is C20H16ClNO2. The zero-order chi connectivity index (χ0) is 16.8. The molecule has 120 valence electrons. The first-order valence-electron chi connectivity index (χ1n) is 7.55. The van der Waals surface area contributed by atoms with Crippen LogP contribution in [0.3, 0.4) is 0 Å². The van der Waals surface area contributed by atoms with Gasteiger partial charge in [0.1, 0.15) is 5.76 Å². The molecule has 0 fully saturated rings. The van der Waals surface area contributed by atoms with Gasteiger partial charge < -0.3 is 9.32 Å². The molecule has 3 aromatic rings. The van der Waals surface area contributed by atoms with E-state index in [2.05, 4.69) is 0 Å². The van der Waals surface area contributed by atoms with E-state index in [0.29, 0.717) is 17.3 Å². The molecule has 0 aliphatic heterocycles. The number of benzene rings is 2. The third kappa shape index (κ3) is 4.15. The van der Waals surface area contributed by atoms with E-state index in [1.54, 1.807) is 41.5 Å². The molecule has 0 unspecified atom stereocenters. The fourth-order valence-electron chi connectivity index (χ4n) is 2.30. The van der Waals surface area contributed by atoms with Crippen LogP contribution in [0.5, 0.6) is 0 Å². The summed E-state index contributed by atoms with van der Waals surface area (Å²) in [6.07, 6.45) is 4.96. The van der Waals surface area contributed by atoms with Gasteiger partial charge in [0.05, 0.1) is 12.8 Å². The predicted molar refractivity (Wildman–Crippen MR) is 96.8 cm³/mol. The molecule has 24 heavy (non-hydrogen) atoms. The molecule has 0 aliphatic rings. The highest BCUT2D eigenvalue weighted by molar-refractivity contribution is 6.30. The van der Waals surface area contributed by atoms with Crippen LogP contribution in [0.25, 0.3) is 6.08 Å². The van der Waals surface area contributed by atoms with Crippen LogP contribution in [-0.4, -0.2) is 5.91 Å². The summed E-state index contributed by atoms with van der Waals surface area (Å²) >= 11 is 5.94. The summed E-state index contributed by atoms with van der Waals surface area (Å²) in [5, 5.41) is 0.629. The molecule has 0 radical (unpaired) electrons. The molecule has 0 saturated carbocycles. The Kier molecular flexibility index (Phi) is 5.14. The lowest BCUT2D eigenvalue weighted by molar-refractivity contribution is -0.114. The minimum Gasteiger partial charge on any atom is -0.467 e. The van der Waals surface area contributed by atoms with Crippen LogP contribution in [0.4, 0.5) is 5.69 Å². The fraction of sp³-hybridized carbons (Fsp3) is 0.0500. The summed E-state index contributed by atoms with van der Waals surface area (Å²) in [7, 11) is 0. The quantitative estimate of drug-likeness (QED) is 0.601. The molecule has 2 aromatic carbocycles. The van der Waals surface area contributed by atoms with Gasteiger partial charge in [-0.2, -0.15) is 0 Å². The van der Waals surface area contributed by atoms with Gasteiger partial charge in [-0.1, -0.05) is 41.9 Å². The maximum atomic E-state index is 12.7. The Balaban J connectivity index is 1.84. The highest BCUT2D eigenvalue weighted by Crippen LogP contribution is 2.21. The minimum atomic E-state index is -0.127. The number of hydrogen-bond donors (Lipinski definition) is 0. The first-order valence-corrected chi connectivity index (χ1v) is 7.93. The summed E-state index contributed by atoms with van der Waals surface area (Å²) in [4.78, 5) is 14.3. The van der Waals surface area contributed by atoms with Crippen molar-refractivity contribution in [1.82, 2.24) is 0 Å². The van der Waals surface area contributed by atoms with E-state index in [4.69, 9.17) is 16.0 Å². The lowest BCUT2D eigenvalue weighted by atomic mass is 10.2. The Morgan fingerprint density at radius 3 is 2.42 bits per heavy atom. The number of furan rings is 1. The van der Waals surface area contributed by atoms with Crippen LogP contribution in [0.15, 0.2) is 83.5 Å². The van der Waals surface area contributed by atoms with Crippen molar-refractivity contribution in [2.45, 2.75) is 6.54 Å². The van der Waals surface area contributed by atoms with E-state index in [9.17, 15) is 4.79 Å². The van der Waals surface area contributed by atoms with E-state index in [1.165, 1.54) is 0 Å². The second-order valence-electron chi connectivity index (χ2n) is 5.22. The van der Waals surface area contributed by atoms with Crippen LogP contribution < -0.4 is 4.90 Å². The third-order valence-corrected chi connectivity index (χ3v) is 3.77. The monoisotopic (exact) mass is 337 g/mol. The molecule has 3 nitrogen and oxygen atoms in total. The van der Waals surface area contributed by atoms with Gasteiger partial charge >= 0.3 is 0 Å². The van der Waals surface area contributed by atoms with Crippen LogP contribution in [0, 0.1) is 0 Å².